The van der Waals surface area contributed by atoms with Crippen molar-refractivity contribution in [2.45, 2.75) is 37.0 Å². The van der Waals surface area contributed by atoms with Crippen LogP contribution in [0.4, 0.5) is 35.1 Å². The van der Waals surface area contributed by atoms with Gasteiger partial charge in [-0.15, -0.1) is 0 Å². The molecule has 0 aromatic rings. The molecule has 0 nitrogen and oxygen atoms in total. The summed E-state index contributed by atoms with van der Waals surface area (Å²) >= 11 is 0. The highest BCUT2D eigenvalue weighted by Gasteiger charge is 2.63. The topological polar surface area (TPSA) is 0 Å². The predicted molar refractivity (Wildman–Crippen MR) is 35.4 cm³/mol. The Kier molecular flexibility index (Phi) is 3.98. The van der Waals surface area contributed by atoms with Gasteiger partial charge < -0.3 is 0 Å². The van der Waals surface area contributed by atoms with E-state index in [1.165, 1.54) is 0 Å². The first-order valence-electron chi connectivity index (χ1n) is 3.70. The average Bonchev–Trinajstić information content (AvgIpc) is 1.98. The second-order valence-corrected chi connectivity index (χ2v) is 2.90. The highest BCUT2D eigenvalue weighted by molar-refractivity contribution is 4.87. The van der Waals surface area contributed by atoms with E-state index in [0.29, 0.717) is 0 Å². The lowest BCUT2D eigenvalue weighted by Crippen LogP contribution is -2.45. The van der Waals surface area contributed by atoms with Gasteiger partial charge in [-0.1, -0.05) is 6.92 Å². The molecule has 8 heteroatoms. The fourth-order valence-electron chi connectivity index (χ4n) is 0.718. The maximum atomic E-state index is 12.4. The number of alkyl halides is 8. The van der Waals surface area contributed by atoms with Crippen LogP contribution in [0.25, 0.3) is 0 Å². The minimum Gasteiger partial charge on any atom is -0.241 e. The van der Waals surface area contributed by atoms with Crippen LogP contribution in [0.5, 0.6) is 0 Å². The summed E-state index contributed by atoms with van der Waals surface area (Å²) in [5, 5.41) is 0. The van der Waals surface area contributed by atoms with Gasteiger partial charge in [0, 0.05) is 0 Å². The van der Waals surface area contributed by atoms with E-state index in [9.17, 15) is 35.1 Å². The number of hydrogen-bond acceptors (Lipinski definition) is 0. The van der Waals surface area contributed by atoms with Gasteiger partial charge in [-0.2, -0.15) is 22.0 Å². The molecule has 0 bridgehead atoms. The summed E-state index contributed by atoms with van der Waals surface area (Å²) in [5.41, 5.74) is 0. The summed E-state index contributed by atoms with van der Waals surface area (Å²) in [5.74, 6) is -10.4. The van der Waals surface area contributed by atoms with Gasteiger partial charge >= 0.3 is 12.1 Å². The maximum absolute atomic E-state index is 12.4. The van der Waals surface area contributed by atoms with E-state index in [4.69, 9.17) is 0 Å². The lowest BCUT2D eigenvalue weighted by Gasteiger charge is -2.26. The zero-order valence-electron chi connectivity index (χ0n) is 7.22. The molecule has 0 rings (SSSR count). The van der Waals surface area contributed by atoms with Gasteiger partial charge in [0.25, 0.3) is 5.92 Å². The predicted octanol–water partition coefficient (Wildman–Crippen LogP) is 3.77. The minimum atomic E-state index is -6.11. The van der Waals surface area contributed by atoms with Crippen LogP contribution in [0.1, 0.15) is 12.8 Å². The Morgan fingerprint density at radius 2 is 1.33 bits per heavy atom. The molecule has 0 saturated heterocycles. The molecule has 1 radical (unpaired) electrons. The smallest absolute Gasteiger partial charge is 0.241 e. The molecule has 0 N–H and O–H groups in total. The molecule has 0 aliphatic rings. The van der Waals surface area contributed by atoms with Gasteiger partial charge in [-0.3, -0.25) is 0 Å². The van der Waals surface area contributed by atoms with Crippen LogP contribution in [-0.2, 0) is 0 Å². The summed E-state index contributed by atoms with van der Waals surface area (Å²) < 4.78 is 96.0. The molecule has 0 aliphatic carbocycles. The van der Waals surface area contributed by atoms with Crippen LogP contribution >= 0.6 is 0 Å². The molecule has 0 spiro atoms. The molecule has 0 aromatic heterocycles. The monoisotopic (exact) mass is 243 g/mol. The largest absolute Gasteiger partial charge is 0.453 e. The first kappa shape index (κ1) is 14.4. The Bertz CT molecular complexity index is 206. The second kappa shape index (κ2) is 4.13. The summed E-state index contributed by atoms with van der Waals surface area (Å²) in [6.45, 7) is 2.66. The van der Waals surface area contributed by atoms with Crippen molar-refractivity contribution in [3.63, 3.8) is 0 Å². The third kappa shape index (κ3) is 3.49. The van der Waals surface area contributed by atoms with Crippen LogP contribution in [0.2, 0.25) is 0 Å². The minimum absolute atomic E-state index is 1.08. The molecular weight excluding hydrogens is 236 g/mol. The van der Waals surface area contributed by atoms with Crippen molar-refractivity contribution in [2.24, 2.45) is 0 Å². The normalized spacial score (nSPS) is 16.6. The van der Waals surface area contributed by atoms with Crippen molar-refractivity contribution < 1.29 is 35.1 Å². The SMILES string of the molecule is [CH2]C[C@H](F)C(F)(F)CC(F)(F)C(F)(F)F. The molecule has 0 unspecified atom stereocenters. The van der Waals surface area contributed by atoms with Crippen LogP contribution in [0.15, 0.2) is 0 Å². The average molecular weight is 243 g/mol. The van der Waals surface area contributed by atoms with E-state index in [2.05, 4.69) is 6.92 Å². The zero-order valence-corrected chi connectivity index (χ0v) is 7.22. The highest BCUT2D eigenvalue weighted by Crippen LogP contribution is 2.44. The Hall–Kier alpha value is -0.560. The van der Waals surface area contributed by atoms with Gasteiger partial charge in [0.05, 0.1) is 6.42 Å². The van der Waals surface area contributed by atoms with E-state index < -0.39 is 37.0 Å². The van der Waals surface area contributed by atoms with Crippen molar-refractivity contribution in [2.75, 3.05) is 0 Å². The van der Waals surface area contributed by atoms with Gasteiger partial charge in [0.2, 0.25) is 0 Å². The lowest BCUT2D eigenvalue weighted by molar-refractivity contribution is -0.304. The van der Waals surface area contributed by atoms with Crippen molar-refractivity contribution >= 4 is 0 Å². The number of halogens is 8. The van der Waals surface area contributed by atoms with Gasteiger partial charge in [-0.05, 0) is 6.42 Å². The Labute approximate surface area is 80.3 Å². The first-order valence-corrected chi connectivity index (χ1v) is 3.70. The molecule has 0 aliphatic heterocycles. The van der Waals surface area contributed by atoms with Crippen LogP contribution in [0.3, 0.4) is 0 Å². The molecule has 0 heterocycles. The van der Waals surface area contributed by atoms with E-state index in [1.54, 1.807) is 0 Å². The molecule has 0 aromatic carbocycles. The highest BCUT2D eigenvalue weighted by atomic mass is 19.4. The van der Waals surface area contributed by atoms with E-state index in [1.807, 2.05) is 0 Å². The molecule has 1 atom stereocenters. The standard InChI is InChI=1S/C7H7F8/c1-2-4(8)5(9,10)3-6(11,12)7(13,14)15/h4H,1-3H2/t4-/m0/s1. The molecule has 0 saturated carbocycles. The van der Waals surface area contributed by atoms with Gasteiger partial charge in [0.15, 0.2) is 6.17 Å². The third-order valence-electron chi connectivity index (χ3n) is 1.58. The lowest BCUT2D eigenvalue weighted by atomic mass is 10.0. The van der Waals surface area contributed by atoms with Crippen molar-refractivity contribution in [3.05, 3.63) is 6.92 Å². The summed E-state index contributed by atoms with van der Waals surface area (Å²) in [7, 11) is 0. The molecular formula is C7H7F8. The number of hydrogen-bond donors (Lipinski definition) is 0. The van der Waals surface area contributed by atoms with Crippen LogP contribution < -0.4 is 0 Å². The third-order valence-corrected chi connectivity index (χ3v) is 1.58. The van der Waals surface area contributed by atoms with E-state index in [-0.39, 0.29) is 0 Å². The van der Waals surface area contributed by atoms with Crippen LogP contribution in [-0.4, -0.2) is 24.2 Å². The summed E-state index contributed by atoms with van der Waals surface area (Å²) in [6.07, 6.45) is -13.2. The second-order valence-electron chi connectivity index (χ2n) is 2.90. The van der Waals surface area contributed by atoms with Crippen molar-refractivity contribution in [1.82, 2.24) is 0 Å². The maximum Gasteiger partial charge on any atom is 0.453 e. The molecule has 0 amide bonds. The fourth-order valence-corrected chi connectivity index (χ4v) is 0.718. The van der Waals surface area contributed by atoms with Gasteiger partial charge in [0.1, 0.15) is 0 Å². The summed E-state index contributed by atoms with van der Waals surface area (Å²) in [4.78, 5) is 0. The number of rotatable bonds is 4. The molecule has 91 valence electrons. The van der Waals surface area contributed by atoms with E-state index in [0.717, 1.165) is 0 Å². The van der Waals surface area contributed by atoms with Gasteiger partial charge in [-0.25, -0.2) is 13.2 Å². The van der Waals surface area contributed by atoms with Crippen molar-refractivity contribution in [3.8, 4) is 0 Å². The Morgan fingerprint density at radius 3 is 1.60 bits per heavy atom. The zero-order chi connectivity index (χ0) is 12.5. The fraction of sp³-hybridized carbons (Fsp3) is 0.857. The quantitative estimate of drug-likeness (QED) is 0.659. The molecule has 15 heavy (non-hydrogen) atoms. The summed E-state index contributed by atoms with van der Waals surface area (Å²) in [6, 6.07) is 0. The Balaban J connectivity index is 4.72. The Morgan fingerprint density at radius 1 is 0.933 bits per heavy atom. The van der Waals surface area contributed by atoms with E-state index >= 15 is 0 Å². The molecule has 0 fully saturated rings. The van der Waals surface area contributed by atoms with Crippen molar-refractivity contribution in [1.29, 1.82) is 0 Å². The first-order chi connectivity index (χ1) is 6.44. The van der Waals surface area contributed by atoms with Crippen LogP contribution in [0, 0.1) is 6.92 Å².